The molecule has 0 aliphatic heterocycles. The zero-order valence-electron chi connectivity index (χ0n) is 2.41. The molecule has 0 aromatic heterocycles. The monoisotopic (exact) mass is 136 g/mol. The number of hydrogen-bond donors (Lipinski definition) is 0. The molecule has 0 aromatic rings. The van der Waals surface area contributed by atoms with Gasteiger partial charge in [0.25, 0.3) is 0 Å². The maximum absolute atomic E-state index is 2.00. The summed E-state index contributed by atoms with van der Waals surface area (Å²) in [6.45, 7) is 4.00. The molecular weight excluding hydrogens is 128 g/mol. The molecule has 0 nitrogen and oxygen atoms in total. The summed E-state index contributed by atoms with van der Waals surface area (Å²) in [5.74, 6) is 0. The first kappa shape index (κ1) is 18.7. The van der Waals surface area contributed by atoms with Crippen LogP contribution in [0.2, 0.25) is 0 Å². The van der Waals surface area contributed by atoms with Crippen molar-refractivity contribution < 1.29 is 0 Å². The van der Waals surface area contributed by atoms with E-state index in [1.54, 1.807) is 0 Å². The van der Waals surface area contributed by atoms with Crippen molar-refractivity contribution in [2.24, 2.45) is 0 Å². The summed E-state index contributed by atoms with van der Waals surface area (Å²) in [4.78, 5) is 0. The lowest BCUT2D eigenvalue weighted by Gasteiger charge is -1.07. The van der Waals surface area contributed by atoms with Crippen LogP contribution in [0.25, 0.3) is 0 Å². The highest BCUT2D eigenvalue weighted by Crippen LogP contribution is 1.14. The lowest BCUT2D eigenvalue weighted by Crippen LogP contribution is -0.856. The molecule has 0 radical (unpaired) electrons. The Morgan fingerprint density at radius 2 is 1.00 bits per heavy atom. The van der Waals surface area contributed by atoms with Crippen LogP contribution < -0.4 is 0 Å². The van der Waals surface area contributed by atoms with E-state index in [9.17, 15) is 0 Å². The summed E-state index contributed by atoms with van der Waals surface area (Å²) in [6.07, 6.45) is 0. The van der Waals surface area contributed by atoms with Crippen LogP contribution in [-0.4, -0.2) is 23.1 Å². The smallest absolute Gasteiger partial charge is 0.114 e. The van der Waals surface area contributed by atoms with Gasteiger partial charge in [0.15, 0.2) is 0 Å². The standard InChI is InChI=1S/C2H6.BrH.Mg.2H/c1-2;;;;/h1-2H3;1H;;;. The first-order valence-electron chi connectivity index (χ1n) is 1.00. The molecule has 0 unspecified atom stereocenters. The fourth-order valence-corrected chi connectivity index (χ4v) is 0. The fraction of sp³-hybridized carbons (Fsp3) is 1.00. The van der Waals surface area contributed by atoms with Crippen molar-refractivity contribution >= 4 is 40.0 Å². The Kier molecular flexibility index (Phi) is 135. The first-order chi connectivity index (χ1) is 1.00. The van der Waals surface area contributed by atoms with E-state index in [2.05, 4.69) is 0 Å². The minimum atomic E-state index is 0. The van der Waals surface area contributed by atoms with E-state index in [4.69, 9.17) is 0 Å². The fourth-order valence-electron chi connectivity index (χ4n) is 0. The quantitative estimate of drug-likeness (QED) is 0.431. The van der Waals surface area contributed by atoms with E-state index in [1.807, 2.05) is 13.8 Å². The second kappa shape index (κ2) is 28.8. The number of rotatable bonds is 0. The van der Waals surface area contributed by atoms with Crippen molar-refractivity contribution in [2.45, 2.75) is 13.8 Å². The highest BCUT2D eigenvalue weighted by molar-refractivity contribution is 8.93. The molecule has 0 fully saturated rings. The van der Waals surface area contributed by atoms with Gasteiger partial charge in [-0.15, -0.1) is 17.0 Å². The van der Waals surface area contributed by atoms with Gasteiger partial charge in [0.05, 0.1) is 0 Å². The minimum absolute atomic E-state index is 0. The maximum Gasteiger partial charge on any atom is 0.316 e. The summed E-state index contributed by atoms with van der Waals surface area (Å²) in [5.41, 5.74) is 0. The van der Waals surface area contributed by atoms with Crippen molar-refractivity contribution in [3.8, 4) is 0 Å². The Morgan fingerprint density at radius 1 is 1.00 bits per heavy atom. The zero-order valence-corrected chi connectivity index (χ0v) is 4.12. The van der Waals surface area contributed by atoms with Crippen LogP contribution in [0.4, 0.5) is 0 Å². The largest absolute Gasteiger partial charge is 0.316 e. The molecule has 0 saturated heterocycles. The molecule has 4 heavy (non-hydrogen) atoms. The van der Waals surface area contributed by atoms with Gasteiger partial charge in [0.1, 0.15) is 0 Å². The molecular formula is C2H9BrMg. The van der Waals surface area contributed by atoms with Gasteiger partial charge in [-0.3, -0.25) is 0 Å². The molecule has 2 heteroatoms. The van der Waals surface area contributed by atoms with E-state index in [0.29, 0.717) is 0 Å². The highest BCUT2D eigenvalue weighted by atomic mass is 79.9. The molecule has 0 aromatic carbocycles. The van der Waals surface area contributed by atoms with Crippen LogP contribution in [0.5, 0.6) is 0 Å². The van der Waals surface area contributed by atoms with Crippen molar-refractivity contribution in [2.75, 3.05) is 0 Å². The molecule has 0 heterocycles. The molecule has 0 aliphatic rings. The SMILES string of the molecule is Br.CC.[MgH2]. The Labute approximate surface area is 53.9 Å². The Morgan fingerprint density at radius 3 is 1.00 bits per heavy atom. The molecule has 0 spiro atoms. The lowest BCUT2D eigenvalue weighted by molar-refractivity contribution is 1.50. The van der Waals surface area contributed by atoms with Crippen molar-refractivity contribution in [1.29, 1.82) is 0 Å². The van der Waals surface area contributed by atoms with Crippen LogP contribution in [0.3, 0.4) is 0 Å². The van der Waals surface area contributed by atoms with Crippen molar-refractivity contribution in [3.05, 3.63) is 0 Å². The molecule has 0 bridgehead atoms. The summed E-state index contributed by atoms with van der Waals surface area (Å²) < 4.78 is 0. The lowest BCUT2D eigenvalue weighted by atomic mass is 11.0. The van der Waals surface area contributed by atoms with Crippen LogP contribution in [0.1, 0.15) is 13.8 Å². The molecule has 0 saturated carbocycles. The van der Waals surface area contributed by atoms with Crippen LogP contribution in [-0.2, 0) is 0 Å². The van der Waals surface area contributed by atoms with E-state index in [0.717, 1.165) is 0 Å². The van der Waals surface area contributed by atoms with Gasteiger partial charge in [0.2, 0.25) is 0 Å². The third-order valence-corrected chi connectivity index (χ3v) is 0. The van der Waals surface area contributed by atoms with Crippen LogP contribution in [0.15, 0.2) is 0 Å². The topological polar surface area (TPSA) is 0 Å². The van der Waals surface area contributed by atoms with Gasteiger partial charge in [-0.25, -0.2) is 0 Å². The van der Waals surface area contributed by atoms with E-state index >= 15 is 0 Å². The third-order valence-electron chi connectivity index (χ3n) is 0. The third kappa shape index (κ3) is 10.5. The number of hydrogen-bond acceptors (Lipinski definition) is 0. The van der Waals surface area contributed by atoms with Crippen LogP contribution in [0, 0.1) is 0 Å². The average molecular weight is 137 g/mol. The normalized spacial score (nSPS) is 1.50. The second-order valence-electron chi connectivity index (χ2n) is 0. The van der Waals surface area contributed by atoms with Gasteiger partial charge in [-0.2, -0.15) is 0 Å². The number of halogens is 1. The Balaban J connectivity index is -0.00000000500. The van der Waals surface area contributed by atoms with Crippen LogP contribution >= 0.6 is 17.0 Å². The molecule has 0 N–H and O–H groups in total. The molecule has 0 atom stereocenters. The van der Waals surface area contributed by atoms with Gasteiger partial charge in [-0.1, -0.05) is 13.8 Å². The van der Waals surface area contributed by atoms with Gasteiger partial charge >= 0.3 is 23.1 Å². The predicted molar refractivity (Wildman–Crippen MR) is 30.2 cm³/mol. The van der Waals surface area contributed by atoms with E-state index in [1.165, 1.54) is 0 Å². The minimum Gasteiger partial charge on any atom is -0.114 e. The predicted octanol–water partition coefficient (Wildman–Crippen LogP) is 0.688. The maximum atomic E-state index is 2.00. The molecule has 0 rings (SSSR count). The van der Waals surface area contributed by atoms with E-state index in [-0.39, 0.29) is 40.0 Å². The van der Waals surface area contributed by atoms with Crippen molar-refractivity contribution in [1.82, 2.24) is 0 Å². The van der Waals surface area contributed by atoms with E-state index < -0.39 is 0 Å². The summed E-state index contributed by atoms with van der Waals surface area (Å²) in [5, 5.41) is 0. The summed E-state index contributed by atoms with van der Waals surface area (Å²) in [6, 6.07) is 0. The van der Waals surface area contributed by atoms with Gasteiger partial charge in [-0.05, 0) is 0 Å². The first-order valence-corrected chi connectivity index (χ1v) is 1.00. The molecule has 0 aliphatic carbocycles. The summed E-state index contributed by atoms with van der Waals surface area (Å²) in [7, 11) is 0. The van der Waals surface area contributed by atoms with Gasteiger partial charge in [0, 0.05) is 0 Å². The highest BCUT2D eigenvalue weighted by Gasteiger charge is 0.932. The zero-order chi connectivity index (χ0) is 2.00. The molecule has 26 valence electrons. The summed E-state index contributed by atoms with van der Waals surface area (Å²) >= 11 is 0. The van der Waals surface area contributed by atoms with Crippen molar-refractivity contribution in [3.63, 3.8) is 0 Å². The second-order valence-corrected chi connectivity index (χ2v) is 0. The molecule has 0 amide bonds. The Bertz CT molecular complexity index is 6.00. The van der Waals surface area contributed by atoms with Gasteiger partial charge < -0.3 is 0 Å². The Hall–Kier alpha value is 1.25. The average Bonchev–Trinajstić information content (AvgIpc) is 1.00.